The number of carbonyl (C=O) groups excluding carboxylic acids is 1. The van der Waals surface area contributed by atoms with Gasteiger partial charge >= 0.3 is 10.1 Å². The molecule has 0 heterocycles. The van der Waals surface area contributed by atoms with Gasteiger partial charge in [0.1, 0.15) is 10.7 Å². The van der Waals surface area contributed by atoms with Gasteiger partial charge in [-0.3, -0.25) is 4.79 Å². The number of carbonyl (C=O) groups is 1. The minimum atomic E-state index is -4.21. The van der Waals surface area contributed by atoms with E-state index in [1.54, 1.807) is 41.3 Å². The Morgan fingerprint density at radius 2 is 1.64 bits per heavy atom. The average molecular weight is 472 g/mol. The smallest absolute Gasteiger partial charge is 0.339 e. The third kappa shape index (κ3) is 6.32. The fourth-order valence-electron chi connectivity index (χ4n) is 3.30. The second kappa shape index (κ2) is 10.5. The van der Waals surface area contributed by atoms with Gasteiger partial charge in [0, 0.05) is 18.7 Å². The molecule has 0 fully saturated rings. The second-order valence-electron chi connectivity index (χ2n) is 7.92. The maximum atomic E-state index is 13.2. The zero-order valence-corrected chi connectivity index (χ0v) is 19.5. The van der Waals surface area contributed by atoms with Crippen molar-refractivity contribution in [3.8, 4) is 11.5 Å². The molecule has 0 spiro atoms. The third-order valence-corrected chi connectivity index (χ3v) is 6.05. The predicted molar refractivity (Wildman–Crippen MR) is 123 cm³/mol. The molecule has 33 heavy (non-hydrogen) atoms. The summed E-state index contributed by atoms with van der Waals surface area (Å²) in [6.45, 7) is 4.80. The summed E-state index contributed by atoms with van der Waals surface area (Å²) in [7, 11) is -2.81. The van der Waals surface area contributed by atoms with Crippen LogP contribution in [-0.2, 0) is 16.7 Å². The highest BCUT2D eigenvalue weighted by Crippen LogP contribution is 2.31. The Hall–Kier alpha value is -3.39. The number of benzene rings is 3. The number of ether oxygens (including phenoxy) is 1. The fourth-order valence-corrected chi connectivity index (χ4v) is 4.23. The van der Waals surface area contributed by atoms with Crippen LogP contribution in [0, 0.1) is 11.7 Å². The minimum Gasteiger partial charge on any atom is -0.493 e. The Labute approximate surface area is 193 Å². The van der Waals surface area contributed by atoms with Gasteiger partial charge in [0.15, 0.2) is 11.5 Å². The van der Waals surface area contributed by atoms with Crippen molar-refractivity contribution in [1.82, 2.24) is 4.90 Å². The van der Waals surface area contributed by atoms with E-state index < -0.39 is 15.9 Å². The number of hydrogen-bond donors (Lipinski definition) is 0. The molecule has 1 amide bonds. The maximum absolute atomic E-state index is 13.2. The van der Waals surface area contributed by atoms with Gasteiger partial charge in [-0.1, -0.05) is 38.1 Å². The Bertz CT molecular complexity index is 1200. The van der Waals surface area contributed by atoms with Crippen molar-refractivity contribution in [3.63, 3.8) is 0 Å². The molecule has 0 aliphatic rings. The molecule has 6 nitrogen and oxygen atoms in total. The van der Waals surface area contributed by atoms with Gasteiger partial charge < -0.3 is 13.8 Å². The summed E-state index contributed by atoms with van der Waals surface area (Å²) < 4.78 is 49.1. The van der Waals surface area contributed by atoms with Crippen LogP contribution in [0.5, 0.6) is 11.5 Å². The van der Waals surface area contributed by atoms with Crippen LogP contribution in [0.2, 0.25) is 0 Å². The van der Waals surface area contributed by atoms with E-state index in [0.717, 1.165) is 24.3 Å². The molecule has 0 saturated carbocycles. The summed E-state index contributed by atoms with van der Waals surface area (Å²) in [5.41, 5.74) is 1.24. The quantitative estimate of drug-likeness (QED) is 0.415. The number of methoxy groups -OCH3 is 1. The number of hydrogen-bond acceptors (Lipinski definition) is 5. The average Bonchev–Trinajstić information content (AvgIpc) is 2.78. The molecule has 0 bridgehead atoms. The summed E-state index contributed by atoms with van der Waals surface area (Å²) in [6.07, 6.45) is 0. The van der Waals surface area contributed by atoms with Crippen LogP contribution in [0.3, 0.4) is 0 Å². The van der Waals surface area contributed by atoms with Crippen LogP contribution < -0.4 is 8.92 Å². The van der Waals surface area contributed by atoms with Crippen molar-refractivity contribution in [1.29, 1.82) is 0 Å². The van der Waals surface area contributed by atoms with E-state index in [-0.39, 0.29) is 34.8 Å². The first-order valence-corrected chi connectivity index (χ1v) is 11.8. The molecule has 0 unspecified atom stereocenters. The predicted octanol–water partition coefficient (Wildman–Crippen LogP) is 4.90. The lowest BCUT2D eigenvalue weighted by Gasteiger charge is -2.25. The van der Waals surface area contributed by atoms with Crippen molar-refractivity contribution >= 4 is 16.0 Å². The molecule has 8 heteroatoms. The molecule has 0 aromatic heterocycles. The molecule has 3 aromatic rings. The van der Waals surface area contributed by atoms with Crippen LogP contribution in [-0.4, -0.2) is 32.9 Å². The monoisotopic (exact) mass is 471 g/mol. The molecular formula is C25H26FNO5S. The summed E-state index contributed by atoms with van der Waals surface area (Å²) in [5.74, 6) is -0.251. The first kappa shape index (κ1) is 24.3. The molecule has 3 rings (SSSR count). The van der Waals surface area contributed by atoms with Crippen LogP contribution in [0.4, 0.5) is 4.39 Å². The Morgan fingerprint density at radius 3 is 2.24 bits per heavy atom. The highest BCUT2D eigenvalue weighted by atomic mass is 32.2. The van der Waals surface area contributed by atoms with Gasteiger partial charge in [-0.05, 0) is 60.0 Å². The maximum Gasteiger partial charge on any atom is 0.339 e. The summed E-state index contributed by atoms with van der Waals surface area (Å²) in [6, 6.07) is 18.2. The van der Waals surface area contributed by atoms with E-state index >= 15 is 0 Å². The van der Waals surface area contributed by atoms with Crippen LogP contribution in [0.15, 0.2) is 77.7 Å². The number of amides is 1. The van der Waals surface area contributed by atoms with E-state index in [4.69, 9.17) is 8.92 Å². The largest absolute Gasteiger partial charge is 0.493 e. The SMILES string of the molecule is COc1ccc(CN(CC(C)C)C(=O)c2ccccc2)cc1OS(=O)(=O)c1ccc(F)cc1. The van der Waals surface area contributed by atoms with Gasteiger partial charge in [0.25, 0.3) is 5.91 Å². The fraction of sp³-hybridized carbons (Fsp3) is 0.240. The highest BCUT2D eigenvalue weighted by Gasteiger charge is 2.22. The van der Waals surface area contributed by atoms with E-state index in [9.17, 15) is 17.6 Å². The van der Waals surface area contributed by atoms with Crippen LogP contribution >= 0.6 is 0 Å². The second-order valence-corrected chi connectivity index (χ2v) is 9.47. The van der Waals surface area contributed by atoms with E-state index in [2.05, 4.69) is 0 Å². The summed E-state index contributed by atoms with van der Waals surface area (Å²) >= 11 is 0. The topological polar surface area (TPSA) is 72.9 Å². The summed E-state index contributed by atoms with van der Waals surface area (Å²) in [4.78, 5) is 14.6. The van der Waals surface area contributed by atoms with E-state index in [1.165, 1.54) is 13.2 Å². The van der Waals surface area contributed by atoms with Crippen molar-refractivity contribution in [2.75, 3.05) is 13.7 Å². The number of halogens is 1. The Balaban J connectivity index is 1.89. The first-order valence-electron chi connectivity index (χ1n) is 10.4. The Morgan fingerprint density at radius 1 is 0.970 bits per heavy atom. The molecule has 0 aliphatic carbocycles. The molecular weight excluding hydrogens is 445 g/mol. The zero-order chi connectivity index (χ0) is 24.0. The van der Waals surface area contributed by atoms with Crippen LogP contribution in [0.1, 0.15) is 29.8 Å². The molecule has 0 N–H and O–H groups in total. The molecule has 0 saturated heterocycles. The molecule has 174 valence electrons. The van der Waals surface area contributed by atoms with Gasteiger partial charge in [-0.25, -0.2) is 4.39 Å². The standard InChI is InChI=1S/C25H26FNO5S/c1-18(2)16-27(25(28)20-7-5-4-6-8-20)17-19-9-14-23(31-3)24(15-19)32-33(29,30)22-12-10-21(26)11-13-22/h4-15,18H,16-17H2,1-3H3. The Kier molecular flexibility index (Phi) is 7.71. The lowest BCUT2D eigenvalue weighted by molar-refractivity contribution is 0.0722. The molecule has 0 radical (unpaired) electrons. The van der Waals surface area contributed by atoms with Crippen molar-refractivity contribution in [2.24, 2.45) is 5.92 Å². The van der Waals surface area contributed by atoms with Gasteiger partial charge in [0.2, 0.25) is 0 Å². The van der Waals surface area contributed by atoms with Gasteiger partial charge in [-0.15, -0.1) is 0 Å². The van der Waals surface area contributed by atoms with Crippen molar-refractivity contribution in [2.45, 2.75) is 25.3 Å². The first-order chi connectivity index (χ1) is 15.7. The van der Waals surface area contributed by atoms with E-state index in [1.807, 2.05) is 19.9 Å². The van der Waals surface area contributed by atoms with Gasteiger partial charge in [-0.2, -0.15) is 8.42 Å². The normalized spacial score (nSPS) is 11.3. The van der Waals surface area contributed by atoms with E-state index in [0.29, 0.717) is 17.7 Å². The summed E-state index contributed by atoms with van der Waals surface area (Å²) in [5, 5.41) is 0. The van der Waals surface area contributed by atoms with Gasteiger partial charge in [0.05, 0.1) is 7.11 Å². The number of nitrogens with zero attached hydrogens (tertiary/aromatic N) is 1. The zero-order valence-electron chi connectivity index (χ0n) is 18.7. The number of rotatable bonds is 9. The molecule has 0 atom stereocenters. The lowest BCUT2D eigenvalue weighted by Crippen LogP contribution is -2.33. The lowest BCUT2D eigenvalue weighted by atomic mass is 10.1. The highest BCUT2D eigenvalue weighted by molar-refractivity contribution is 7.87. The van der Waals surface area contributed by atoms with Crippen molar-refractivity contribution in [3.05, 3.63) is 89.7 Å². The minimum absolute atomic E-state index is 0.0176. The van der Waals surface area contributed by atoms with Crippen molar-refractivity contribution < 1.29 is 26.5 Å². The molecule has 3 aromatic carbocycles. The van der Waals surface area contributed by atoms with Crippen LogP contribution in [0.25, 0.3) is 0 Å². The third-order valence-electron chi connectivity index (χ3n) is 4.80. The molecule has 0 aliphatic heterocycles.